The van der Waals surface area contributed by atoms with Crippen LogP contribution in [0.2, 0.25) is 20.1 Å². The molecular weight excluding hydrogens is 1450 g/mol. The fourth-order valence-corrected chi connectivity index (χ4v) is 11.5. The predicted octanol–water partition coefficient (Wildman–Crippen LogP) is 17.8. The first-order valence-corrected chi connectivity index (χ1v) is 32.1. The number of aldehydes is 1. The maximum atomic E-state index is 14.3. The van der Waals surface area contributed by atoms with Crippen LogP contribution in [0.4, 0.5) is 17.6 Å². The highest BCUT2D eigenvalue weighted by Crippen LogP contribution is 2.38. The number of aliphatic hydroxyl groups is 1. The number of aliphatic hydroxyl groups excluding tert-OH is 1. The van der Waals surface area contributed by atoms with Crippen molar-refractivity contribution in [3.05, 3.63) is 260 Å². The Hall–Kier alpha value is -11.6. The van der Waals surface area contributed by atoms with E-state index in [0.29, 0.717) is 166 Å². The number of hydrogen-bond acceptors (Lipinski definition) is 16. The van der Waals surface area contributed by atoms with Crippen molar-refractivity contribution < 1.29 is 37.0 Å². The molecule has 0 saturated carbocycles. The van der Waals surface area contributed by atoms with E-state index >= 15 is 0 Å². The fraction of sp³-hybridized carbons (Fsp3) is 0.0278. The Morgan fingerprint density at radius 2 is 0.752 bits per heavy atom. The predicted molar refractivity (Wildman–Crippen MR) is 380 cm³/mol. The lowest BCUT2D eigenvalue weighted by molar-refractivity contribution is 0.0600. The van der Waals surface area contributed by atoms with E-state index in [0.717, 1.165) is 15.5 Å². The number of pyridine rings is 8. The van der Waals surface area contributed by atoms with Crippen LogP contribution in [0.1, 0.15) is 26.3 Å². The minimum atomic E-state index is -0.499. The van der Waals surface area contributed by atoms with Crippen molar-refractivity contribution in [3.63, 3.8) is 0 Å². The van der Waals surface area contributed by atoms with Gasteiger partial charge in [0.25, 0.3) is 0 Å². The summed E-state index contributed by atoms with van der Waals surface area (Å²) in [5.41, 5.74) is 14.8. The lowest BCUT2D eigenvalue weighted by Crippen LogP contribution is -2.02. The van der Waals surface area contributed by atoms with Gasteiger partial charge in [-0.3, -0.25) is 45.1 Å². The van der Waals surface area contributed by atoms with Gasteiger partial charge in [-0.1, -0.05) is 46.4 Å². The Bertz CT molecular complexity index is 5840. The number of carbonyl (C=O) groups is 2. The van der Waals surface area contributed by atoms with Crippen LogP contribution in [0.3, 0.4) is 0 Å². The molecule has 12 heterocycles. The highest BCUT2D eigenvalue weighted by atomic mass is 79.9. The van der Waals surface area contributed by atoms with Crippen LogP contribution in [0.25, 0.3) is 134 Å². The SMILES string of the molecule is COC(=O)c1cnc2ccc(-c3cn[nH]c3-c3cc(Cl)ccc3F)nc2c1.Fc1ccc(Cl)cc1-c1[nH]ncc1-c1ccc2ncc(Br)cc2n1.O=Cc1cnc2ccc(-c3cn[nH]c3-c3cc(Cl)ccc3F)nc2c1.OCc1cnc2ccc(-c3cn[nH]c3-c3cc(Cl)ccc3F)nc2c1. The lowest BCUT2D eigenvalue weighted by atomic mass is 10.0. The quantitative estimate of drug-likeness (QED) is 0.0457. The van der Waals surface area contributed by atoms with Gasteiger partial charge in [0, 0.05) is 99.4 Å². The molecule has 20 nitrogen and oxygen atoms in total. The molecule has 0 atom stereocenters. The molecule has 0 aliphatic carbocycles. The smallest absolute Gasteiger partial charge is 0.339 e. The number of hydrogen-bond donors (Lipinski definition) is 5. The molecule has 0 aliphatic rings. The largest absolute Gasteiger partial charge is 0.465 e. The highest BCUT2D eigenvalue weighted by Gasteiger charge is 2.21. The van der Waals surface area contributed by atoms with E-state index in [1.54, 1.807) is 97.8 Å². The molecule has 0 bridgehead atoms. The molecular formula is C72H43BrCl4F4N16O4. The molecule has 101 heavy (non-hydrogen) atoms. The molecule has 498 valence electrons. The molecule has 4 aromatic carbocycles. The summed E-state index contributed by atoms with van der Waals surface area (Å²) in [7, 11) is 1.30. The third-order valence-corrected chi connectivity index (χ3v) is 16.8. The van der Waals surface area contributed by atoms with Crippen LogP contribution in [0.5, 0.6) is 0 Å². The summed E-state index contributed by atoms with van der Waals surface area (Å²) < 4.78 is 62.4. The number of aromatic nitrogens is 16. The summed E-state index contributed by atoms with van der Waals surface area (Å²) in [6.45, 7) is -0.112. The van der Waals surface area contributed by atoms with Gasteiger partial charge in [-0.25, -0.2) is 42.3 Å². The third-order valence-electron chi connectivity index (χ3n) is 15.4. The van der Waals surface area contributed by atoms with E-state index < -0.39 is 23.4 Å². The number of rotatable bonds is 11. The number of carbonyl (C=O) groups excluding carboxylic acids is 2. The normalized spacial score (nSPS) is 11.0. The standard InChI is InChI=1S/C19H12ClFN4O2.C18H12ClFN4O.C18H10ClFN4O.C17H9BrClFN4/c1-27-19(26)10-6-17-16(22-8-10)5-4-15(24-17)13-9-23-25-18(13)12-7-11(20)2-3-14(12)21;2*19-11-1-2-14(20)12(6-11)18-13(8-22-24-18)15-3-4-16-17(23-15)5-10(9-25)7-21-16;18-9-5-16-15(21-7-9)4-3-14(23-16)12-8-22-24-17(12)11-6-10(19)1-2-13(11)20/h2-9H,1H3,(H,23,25);1-8,25H,9H2,(H,22,24);1-9H,(H,22,24);1-8H,(H,22,24). The number of esters is 1. The second-order valence-corrected chi connectivity index (χ2v) is 24.5. The van der Waals surface area contributed by atoms with Crippen molar-refractivity contribution in [1.29, 1.82) is 0 Å². The number of methoxy groups -OCH3 is 1. The number of aromatic amines is 4. The molecule has 16 aromatic rings. The van der Waals surface area contributed by atoms with Crippen LogP contribution in [-0.4, -0.2) is 105 Å². The van der Waals surface area contributed by atoms with Crippen molar-refractivity contribution in [3.8, 4) is 90.1 Å². The van der Waals surface area contributed by atoms with Gasteiger partial charge in [-0.2, -0.15) is 20.4 Å². The maximum absolute atomic E-state index is 14.3. The molecule has 16 rings (SSSR count). The number of nitrogens with zero attached hydrogens (tertiary/aromatic N) is 12. The van der Waals surface area contributed by atoms with Gasteiger partial charge < -0.3 is 9.84 Å². The molecule has 5 N–H and O–H groups in total. The molecule has 0 fully saturated rings. The lowest BCUT2D eigenvalue weighted by Gasteiger charge is -2.07. The van der Waals surface area contributed by atoms with Gasteiger partial charge in [-0.05, 0) is 167 Å². The first-order chi connectivity index (χ1) is 49.0. The highest BCUT2D eigenvalue weighted by molar-refractivity contribution is 9.10. The van der Waals surface area contributed by atoms with Crippen molar-refractivity contribution in [2.45, 2.75) is 6.61 Å². The molecule has 0 saturated heterocycles. The zero-order valence-electron chi connectivity index (χ0n) is 51.7. The maximum Gasteiger partial charge on any atom is 0.339 e. The Labute approximate surface area is 596 Å². The number of H-pyrrole nitrogens is 4. The average molecular weight is 1490 g/mol. The third kappa shape index (κ3) is 14.9. The second-order valence-electron chi connectivity index (χ2n) is 21.8. The van der Waals surface area contributed by atoms with Crippen LogP contribution in [0, 0.1) is 23.3 Å². The number of benzene rings is 4. The van der Waals surface area contributed by atoms with E-state index in [1.165, 1.54) is 80.2 Å². The first kappa shape index (κ1) is 68.0. The van der Waals surface area contributed by atoms with Crippen LogP contribution < -0.4 is 0 Å². The summed E-state index contributed by atoms with van der Waals surface area (Å²) in [5.74, 6) is -2.13. The Morgan fingerprint density at radius 3 is 1.12 bits per heavy atom. The van der Waals surface area contributed by atoms with Gasteiger partial charge in [0.1, 0.15) is 23.3 Å². The molecule has 0 aliphatic heterocycles. The van der Waals surface area contributed by atoms with Crippen LogP contribution >= 0.6 is 62.3 Å². The number of ether oxygens (including phenoxy) is 1. The summed E-state index contributed by atoms with van der Waals surface area (Å²) >= 11 is 27.4. The Morgan fingerprint density at radius 1 is 0.416 bits per heavy atom. The summed E-state index contributed by atoms with van der Waals surface area (Å²) in [6.07, 6.45) is 13.3. The number of fused-ring (bicyclic) bond motifs is 4. The molecule has 0 radical (unpaired) electrons. The molecule has 0 unspecified atom stereocenters. The Balaban J connectivity index is 0.000000120. The molecule has 12 aromatic heterocycles. The summed E-state index contributed by atoms with van der Waals surface area (Å²) in [4.78, 5) is 57.9. The van der Waals surface area contributed by atoms with E-state index in [-0.39, 0.29) is 12.4 Å². The topological polar surface area (TPSA) is 281 Å². The zero-order valence-corrected chi connectivity index (χ0v) is 56.3. The van der Waals surface area contributed by atoms with Crippen LogP contribution in [-0.2, 0) is 11.3 Å². The van der Waals surface area contributed by atoms with E-state index in [9.17, 15) is 32.3 Å². The van der Waals surface area contributed by atoms with Crippen molar-refractivity contribution in [1.82, 2.24) is 80.7 Å². The minimum Gasteiger partial charge on any atom is -0.465 e. The number of nitrogens with one attached hydrogen (secondary N) is 4. The van der Waals surface area contributed by atoms with Gasteiger partial charge in [-0.15, -0.1) is 0 Å². The van der Waals surface area contributed by atoms with Gasteiger partial charge >= 0.3 is 5.97 Å². The van der Waals surface area contributed by atoms with Crippen molar-refractivity contribution in [2.75, 3.05) is 7.11 Å². The fourth-order valence-electron chi connectivity index (χ4n) is 10.5. The zero-order chi connectivity index (χ0) is 70.4. The van der Waals surface area contributed by atoms with E-state index in [1.807, 2.05) is 24.3 Å². The van der Waals surface area contributed by atoms with Crippen molar-refractivity contribution >= 4 is 119 Å². The molecule has 29 heteroatoms. The first-order valence-electron chi connectivity index (χ1n) is 29.8. The van der Waals surface area contributed by atoms with Crippen molar-refractivity contribution in [2.24, 2.45) is 0 Å². The van der Waals surface area contributed by atoms with Gasteiger partial charge in [0.05, 0.1) is 134 Å². The van der Waals surface area contributed by atoms with Gasteiger partial charge in [0.2, 0.25) is 0 Å². The Kier molecular flexibility index (Phi) is 20.1. The summed E-state index contributed by atoms with van der Waals surface area (Å²) in [6, 6.07) is 38.7. The van der Waals surface area contributed by atoms with Gasteiger partial charge in [0.15, 0.2) is 6.29 Å². The second kappa shape index (κ2) is 29.9. The molecule has 0 amide bonds. The average Bonchev–Trinajstić information content (AvgIpc) is 1.78. The minimum absolute atomic E-state index is 0.112. The van der Waals surface area contributed by atoms with E-state index in [4.69, 9.17) is 51.1 Å². The molecule has 0 spiro atoms. The summed E-state index contributed by atoms with van der Waals surface area (Å²) in [5, 5.41) is 38.3. The monoisotopic (exact) mass is 1490 g/mol. The number of halogens is 9. The van der Waals surface area contributed by atoms with E-state index in [2.05, 4.69) is 96.6 Å². The van der Waals surface area contributed by atoms with Crippen LogP contribution in [0.15, 0.2) is 200 Å².